The SMILES string of the molecule is O=C(c1ccc2c(c1)CCC2)N1CCCC(O)CC1. The van der Waals surface area contributed by atoms with Crippen LogP contribution in [0.2, 0.25) is 0 Å². The number of hydrogen-bond acceptors (Lipinski definition) is 2. The number of aliphatic hydroxyl groups is 1. The number of aryl methyl sites for hydroxylation is 2. The van der Waals surface area contributed by atoms with E-state index >= 15 is 0 Å². The van der Waals surface area contributed by atoms with Gasteiger partial charge in [-0.25, -0.2) is 0 Å². The van der Waals surface area contributed by atoms with Gasteiger partial charge in [0.2, 0.25) is 0 Å². The van der Waals surface area contributed by atoms with Crippen LogP contribution in [0.25, 0.3) is 0 Å². The first-order chi connectivity index (χ1) is 9.24. The lowest BCUT2D eigenvalue weighted by atomic mass is 10.1. The van der Waals surface area contributed by atoms with Crippen molar-refractivity contribution < 1.29 is 9.90 Å². The minimum Gasteiger partial charge on any atom is -0.393 e. The third kappa shape index (κ3) is 2.66. The molecule has 0 spiro atoms. The summed E-state index contributed by atoms with van der Waals surface area (Å²) < 4.78 is 0. The molecule has 1 saturated heterocycles. The zero-order valence-corrected chi connectivity index (χ0v) is 11.3. The van der Waals surface area contributed by atoms with Crippen LogP contribution in [0.15, 0.2) is 18.2 Å². The van der Waals surface area contributed by atoms with Crippen molar-refractivity contribution in [1.29, 1.82) is 0 Å². The molecule has 3 rings (SSSR count). The highest BCUT2D eigenvalue weighted by Crippen LogP contribution is 2.24. The van der Waals surface area contributed by atoms with Crippen molar-refractivity contribution in [3.8, 4) is 0 Å². The van der Waals surface area contributed by atoms with Gasteiger partial charge in [0, 0.05) is 18.7 Å². The highest BCUT2D eigenvalue weighted by molar-refractivity contribution is 5.94. The standard InChI is InChI=1S/C16H21NO2/c18-15-5-2-9-17(10-8-15)16(19)14-7-6-12-3-1-4-13(12)11-14/h6-7,11,15,18H,1-5,8-10H2. The maximum absolute atomic E-state index is 12.5. The monoisotopic (exact) mass is 259 g/mol. The second kappa shape index (κ2) is 5.33. The van der Waals surface area contributed by atoms with E-state index in [9.17, 15) is 9.90 Å². The Hall–Kier alpha value is -1.35. The molecule has 102 valence electrons. The van der Waals surface area contributed by atoms with Crippen molar-refractivity contribution in [1.82, 2.24) is 4.90 Å². The predicted octanol–water partition coefficient (Wildman–Crippen LogP) is 2.16. The number of nitrogens with zero attached hydrogens (tertiary/aromatic N) is 1. The number of benzene rings is 1. The second-order valence-electron chi connectivity index (χ2n) is 5.71. The first-order valence-corrected chi connectivity index (χ1v) is 7.33. The van der Waals surface area contributed by atoms with Gasteiger partial charge in [0.15, 0.2) is 0 Å². The Bertz CT molecular complexity index is 484. The molecule has 1 N–H and O–H groups in total. The molecule has 1 unspecified atom stereocenters. The smallest absolute Gasteiger partial charge is 0.253 e. The van der Waals surface area contributed by atoms with Crippen molar-refractivity contribution in [2.45, 2.75) is 44.6 Å². The van der Waals surface area contributed by atoms with Crippen LogP contribution in [0, 0.1) is 0 Å². The number of hydrogen-bond donors (Lipinski definition) is 1. The second-order valence-corrected chi connectivity index (χ2v) is 5.71. The fraction of sp³-hybridized carbons (Fsp3) is 0.562. The van der Waals surface area contributed by atoms with E-state index < -0.39 is 0 Å². The van der Waals surface area contributed by atoms with Gasteiger partial charge < -0.3 is 10.0 Å². The van der Waals surface area contributed by atoms with Gasteiger partial charge in [-0.05, 0) is 61.8 Å². The Kier molecular flexibility index (Phi) is 3.56. The van der Waals surface area contributed by atoms with Crippen molar-refractivity contribution in [3.63, 3.8) is 0 Å². The summed E-state index contributed by atoms with van der Waals surface area (Å²) in [5, 5.41) is 9.65. The number of rotatable bonds is 1. The van der Waals surface area contributed by atoms with Crippen LogP contribution in [0.3, 0.4) is 0 Å². The summed E-state index contributed by atoms with van der Waals surface area (Å²) in [6.45, 7) is 1.45. The zero-order valence-electron chi connectivity index (χ0n) is 11.3. The molecule has 0 radical (unpaired) electrons. The third-order valence-electron chi connectivity index (χ3n) is 4.33. The fourth-order valence-corrected chi connectivity index (χ4v) is 3.17. The maximum atomic E-state index is 12.5. The van der Waals surface area contributed by atoms with E-state index in [-0.39, 0.29) is 12.0 Å². The summed E-state index contributed by atoms with van der Waals surface area (Å²) >= 11 is 0. The lowest BCUT2D eigenvalue weighted by molar-refractivity contribution is 0.0753. The number of carbonyl (C=O) groups excluding carboxylic acids is 1. The summed E-state index contributed by atoms with van der Waals surface area (Å²) in [4.78, 5) is 14.4. The molecule has 1 aromatic rings. The molecule has 1 amide bonds. The van der Waals surface area contributed by atoms with E-state index in [2.05, 4.69) is 12.1 Å². The van der Waals surface area contributed by atoms with Gasteiger partial charge in [-0.2, -0.15) is 0 Å². The number of aliphatic hydroxyl groups excluding tert-OH is 1. The van der Waals surface area contributed by atoms with Gasteiger partial charge in [0.25, 0.3) is 5.91 Å². The quantitative estimate of drug-likeness (QED) is 0.839. The fourth-order valence-electron chi connectivity index (χ4n) is 3.17. The molecule has 0 aromatic heterocycles. The molecular weight excluding hydrogens is 238 g/mol. The van der Waals surface area contributed by atoms with Crippen LogP contribution < -0.4 is 0 Å². The van der Waals surface area contributed by atoms with E-state index in [4.69, 9.17) is 0 Å². The number of likely N-dealkylation sites (tertiary alicyclic amines) is 1. The molecule has 1 heterocycles. The molecular formula is C16H21NO2. The average molecular weight is 259 g/mol. The van der Waals surface area contributed by atoms with E-state index in [0.717, 1.165) is 37.8 Å². The molecule has 1 aromatic carbocycles. The largest absolute Gasteiger partial charge is 0.393 e. The Balaban J connectivity index is 1.76. The Labute approximate surface area is 114 Å². The lowest BCUT2D eigenvalue weighted by Crippen LogP contribution is -2.32. The van der Waals surface area contributed by atoms with Crippen LogP contribution in [0.4, 0.5) is 0 Å². The first kappa shape index (κ1) is 12.7. The van der Waals surface area contributed by atoms with Crippen molar-refractivity contribution >= 4 is 5.91 Å². The number of carbonyl (C=O) groups is 1. The molecule has 3 nitrogen and oxygen atoms in total. The van der Waals surface area contributed by atoms with Gasteiger partial charge in [0.05, 0.1) is 6.10 Å². The molecule has 1 fully saturated rings. The molecule has 2 aliphatic rings. The molecule has 3 heteroatoms. The van der Waals surface area contributed by atoms with Gasteiger partial charge in [-0.3, -0.25) is 4.79 Å². The van der Waals surface area contributed by atoms with E-state index in [1.807, 2.05) is 11.0 Å². The van der Waals surface area contributed by atoms with E-state index in [1.165, 1.54) is 17.5 Å². The summed E-state index contributed by atoms with van der Waals surface area (Å²) in [6, 6.07) is 6.15. The predicted molar refractivity (Wildman–Crippen MR) is 74.2 cm³/mol. The lowest BCUT2D eigenvalue weighted by Gasteiger charge is -2.20. The highest BCUT2D eigenvalue weighted by atomic mass is 16.3. The molecule has 1 atom stereocenters. The third-order valence-corrected chi connectivity index (χ3v) is 4.33. The minimum atomic E-state index is -0.238. The summed E-state index contributed by atoms with van der Waals surface area (Å²) in [6.07, 6.45) is 5.65. The van der Waals surface area contributed by atoms with Crippen molar-refractivity contribution in [2.24, 2.45) is 0 Å². The Morgan fingerprint density at radius 2 is 1.95 bits per heavy atom. The summed E-state index contributed by atoms with van der Waals surface area (Å²) in [7, 11) is 0. The van der Waals surface area contributed by atoms with Gasteiger partial charge in [-0.1, -0.05) is 6.07 Å². The minimum absolute atomic E-state index is 0.129. The molecule has 1 aliphatic heterocycles. The summed E-state index contributed by atoms with van der Waals surface area (Å²) in [5.74, 6) is 0.129. The Morgan fingerprint density at radius 1 is 1.11 bits per heavy atom. The maximum Gasteiger partial charge on any atom is 0.253 e. The van der Waals surface area contributed by atoms with Crippen molar-refractivity contribution in [2.75, 3.05) is 13.1 Å². The van der Waals surface area contributed by atoms with Crippen LogP contribution in [0.1, 0.15) is 47.2 Å². The molecule has 0 saturated carbocycles. The van der Waals surface area contributed by atoms with Gasteiger partial charge in [-0.15, -0.1) is 0 Å². The number of amides is 1. The van der Waals surface area contributed by atoms with Crippen LogP contribution in [-0.4, -0.2) is 35.1 Å². The Morgan fingerprint density at radius 3 is 2.84 bits per heavy atom. The normalized spacial score (nSPS) is 23.0. The van der Waals surface area contributed by atoms with E-state index in [0.29, 0.717) is 13.0 Å². The van der Waals surface area contributed by atoms with Gasteiger partial charge in [0.1, 0.15) is 0 Å². The van der Waals surface area contributed by atoms with Gasteiger partial charge >= 0.3 is 0 Å². The van der Waals surface area contributed by atoms with Crippen LogP contribution in [0.5, 0.6) is 0 Å². The molecule has 19 heavy (non-hydrogen) atoms. The zero-order chi connectivity index (χ0) is 13.2. The highest BCUT2D eigenvalue weighted by Gasteiger charge is 2.21. The number of fused-ring (bicyclic) bond motifs is 1. The van der Waals surface area contributed by atoms with E-state index in [1.54, 1.807) is 0 Å². The average Bonchev–Trinajstić information content (AvgIpc) is 2.78. The molecule has 0 bridgehead atoms. The first-order valence-electron chi connectivity index (χ1n) is 7.33. The van der Waals surface area contributed by atoms with Crippen LogP contribution >= 0.6 is 0 Å². The topological polar surface area (TPSA) is 40.5 Å². The molecule has 1 aliphatic carbocycles. The summed E-state index contributed by atoms with van der Waals surface area (Å²) in [5.41, 5.74) is 3.57. The van der Waals surface area contributed by atoms with Crippen molar-refractivity contribution in [3.05, 3.63) is 34.9 Å². The van der Waals surface area contributed by atoms with Crippen LogP contribution in [-0.2, 0) is 12.8 Å².